The molecule has 0 spiro atoms. The van der Waals surface area contributed by atoms with Gasteiger partial charge >= 0.3 is 0 Å². The Labute approximate surface area is 99.1 Å². The van der Waals surface area contributed by atoms with Gasteiger partial charge in [-0.25, -0.2) is 8.42 Å². The minimum absolute atomic E-state index is 0.124. The lowest BCUT2D eigenvalue weighted by Gasteiger charge is -2.09. The second-order valence-corrected chi connectivity index (χ2v) is 6.04. The van der Waals surface area contributed by atoms with E-state index in [0.717, 1.165) is 6.26 Å². The van der Waals surface area contributed by atoms with Gasteiger partial charge in [-0.15, -0.1) is 11.8 Å². The van der Waals surface area contributed by atoms with Gasteiger partial charge in [0.25, 0.3) is 0 Å². The summed E-state index contributed by atoms with van der Waals surface area (Å²) < 4.78 is 23.0. The van der Waals surface area contributed by atoms with Crippen LogP contribution in [0.1, 0.15) is 10.4 Å². The Balaban J connectivity index is 3.50. The molecule has 0 radical (unpaired) electrons. The van der Waals surface area contributed by atoms with E-state index in [0.29, 0.717) is 10.5 Å². The highest BCUT2D eigenvalue weighted by Gasteiger charge is 2.18. The van der Waals surface area contributed by atoms with Gasteiger partial charge in [0.05, 0.1) is 11.4 Å². The quantitative estimate of drug-likeness (QED) is 0.643. The molecule has 1 aromatic rings. The fraction of sp³-hybridized carbons (Fsp3) is 0.300. The topological polar surface area (TPSA) is 77.2 Å². The zero-order chi connectivity index (χ0) is 12.3. The van der Waals surface area contributed by atoms with E-state index < -0.39 is 9.84 Å². The fourth-order valence-corrected chi connectivity index (χ4v) is 3.50. The van der Waals surface area contributed by atoms with Crippen LogP contribution in [0.15, 0.2) is 28.0 Å². The van der Waals surface area contributed by atoms with Gasteiger partial charge in [-0.3, -0.25) is 4.79 Å². The highest BCUT2D eigenvalue weighted by atomic mass is 32.2. The molecule has 1 rings (SSSR count). The lowest BCUT2D eigenvalue weighted by atomic mass is 10.1. The summed E-state index contributed by atoms with van der Waals surface area (Å²) in [4.78, 5) is 12.2. The molecule has 0 saturated heterocycles. The Hall–Kier alpha value is -0.850. The minimum atomic E-state index is -3.32. The van der Waals surface area contributed by atoms with Crippen LogP contribution in [0.25, 0.3) is 0 Å². The number of hydrogen-bond donors (Lipinski definition) is 1. The molecule has 0 bridgehead atoms. The normalized spacial score (nSPS) is 11.4. The zero-order valence-electron chi connectivity index (χ0n) is 9.06. The van der Waals surface area contributed by atoms with Crippen LogP contribution in [0.3, 0.4) is 0 Å². The summed E-state index contributed by atoms with van der Waals surface area (Å²) in [6.45, 7) is -0.124. The molecular formula is C10H13NO3S2. The van der Waals surface area contributed by atoms with Crippen LogP contribution < -0.4 is 5.73 Å². The van der Waals surface area contributed by atoms with Crippen molar-refractivity contribution in [3.63, 3.8) is 0 Å². The second-order valence-electron chi connectivity index (χ2n) is 3.24. The molecule has 0 saturated carbocycles. The monoisotopic (exact) mass is 259 g/mol. The predicted octanol–water partition coefficient (Wildman–Crippen LogP) is 0.953. The maximum Gasteiger partial charge on any atom is 0.177 e. The van der Waals surface area contributed by atoms with E-state index in [1.165, 1.54) is 17.8 Å². The number of sulfone groups is 1. The van der Waals surface area contributed by atoms with Gasteiger partial charge < -0.3 is 5.73 Å². The smallest absolute Gasteiger partial charge is 0.177 e. The Bertz CT molecular complexity index is 509. The van der Waals surface area contributed by atoms with Crippen molar-refractivity contribution in [2.75, 3.05) is 19.1 Å². The summed E-state index contributed by atoms with van der Waals surface area (Å²) in [6.07, 6.45) is 2.86. The molecule has 0 amide bonds. The van der Waals surface area contributed by atoms with Crippen molar-refractivity contribution in [3.8, 4) is 0 Å². The van der Waals surface area contributed by atoms with Crippen molar-refractivity contribution in [1.82, 2.24) is 0 Å². The van der Waals surface area contributed by atoms with Crippen molar-refractivity contribution in [2.24, 2.45) is 5.73 Å². The standard InChI is InChI=1S/C10H13NO3S2/c1-15-10-7(8(12)6-11)4-3-5-9(10)16(2,13)14/h3-5H,6,11H2,1-2H3. The van der Waals surface area contributed by atoms with Crippen LogP contribution in [0, 0.1) is 0 Å². The molecule has 0 atom stereocenters. The number of Topliss-reactive ketones (excluding diaryl/α,β-unsaturated/α-hetero) is 1. The number of benzene rings is 1. The maximum absolute atomic E-state index is 11.5. The first-order valence-electron chi connectivity index (χ1n) is 4.52. The van der Waals surface area contributed by atoms with Gasteiger partial charge in [0.2, 0.25) is 0 Å². The van der Waals surface area contributed by atoms with E-state index in [1.807, 2.05) is 0 Å². The Morgan fingerprint density at radius 2 is 2.06 bits per heavy atom. The van der Waals surface area contributed by atoms with Crippen molar-refractivity contribution < 1.29 is 13.2 Å². The first-order chi connectivity index (χ1) is 7.41. The summed E-state index contributed by atoms with van der Waals surface area (Å²) in [5.74, 6) is -0.255. The fourth-order valence-electron chi connectivity index (χ4n) is 1.35. The Morgan fingerprint density at radius 1 is 1.44 bits per heavy atom. The SMILES string of the molecule is CSc1c(C(=O)CN)cccc1S(C)(=O)=O. The van der Waals surface area contributed by atoms with Crippen molar-refractivity contribution in [3.05, 3.63) is 23.8 Å². The number of carbonyl (C=O) groups excluding carboxylic acids is 1. The van der Waals surface area contributed by atoms with E-state index in [-0.39, 0.29) is 17.2 Å². The molecule has 0 aliphatic carbocycles. The average Bonchev–Trinajstić information content (AvgIpc) is 2.25. The van der Waals surface area contributed by atoms with Crippen LogP contribution >= 0.6 is 11.8 Å². The van der Waals surface area contributed by atoms with Gasteiger partial charge in [-0.1, -0.05) is 12.1 Å². The number of nitrogens with two attached hydrogens (primary N) is 1. The van der Waals surface area contributed by atoms with Gasteiger partial charge in [-0.05, 0) is 12.3 Å². The van der Waals surface area contributed by atoms with E-state index >= 15 is 0 Å². The number of ketones is 1. The van der Waals surface area contributed by atoms with Crippen molar-refractivity contribution in [1.29, 1.82) is 0 Å². The van der Waals surface area contributed by atoms with Crippen molar-refractivity contribution in [2.45, 2.75) is 9.79 Å². The number of rotatable bonds is 4. The summed E-state index contributed by atoms with van der Waals surface area (Å²) in [7, 11) is -3.32. The van der Waals surface area contributed by atoms with E-state index in [4.69, 9.17) is 5.73 Å². The largest absolute Gasteiger partial charge is 0.324 e. The van der Waals surface area contributed by atoms with Gasteiger partial charge in [0.1, 0.15) is 0 Å². The maximum atomic E-state index is 11.5. The summed E-state index contributed by atoms with van der Waals surface area (Å²) >= 11 is 1.24. The summed E-state index contributed by atoms with van der Waals surface area (Å²) in [5, 5.41) is 0. The van der Waals surface area contributed by atoms with Crippen LogP contribution in [0.2, 0.25) is 0 Å². The molecule has 0 heterocycles. The Morgan fingerprint density at radius 3 is 2.50 bits per heavy atom. The molecule has 1 aromatic carbocycles. The number of hydrogen-bond acceptors (Lipinski definition) is 5. The molecule has 0 unspecified atom stereocenters. The number of carbonyl (C=O) groups is 1. The van der Waals surface area contributed by atoms with Crippen LogP contribution in [0.5, 0.6) is 0 Å². The molecule has 88 valence electrons. The van der Waals surface area contributed by atoms with Crippen molar-refractivity contribution >= 4 is 27.4 Å². The molecule has 6 heteroatoms. The number of thioether (sulfide) groups is 1. The van der Waals surface area contributed by atoms with Crippen LogP contribution in [-0.2, 0) is 9.84 Å². The van der Waals surface area contributed by atoms with Gasteiger partial charge in [-0.2, -0.15) is 0 Å². The molecule has 0 aliphatic heterocycles. The summed E-state index contributed by atoms with van der Waals surface area (Å²) in [6, 6.07) is 4.64. The zero-order valence-corrected chi connectivity index (χ0v) is 10.7. The van der Waals surface area contributed by atoms with E-state index in [9.17, 15) is 13.2 Å². The highest BCUT2D eigenvalue weighted by Crippen LogP contribution is 2.28. The lowest BCUT2D eigenvalue weighted by molar-refractivity contribution is 0.0998. The predicted molar refractivity (Wildman–Crippen MR) is 64.7 cm³/mol. The third kappa shape index (κ3) is 2.63. The molecule has 4 nitrogen and oxygen atoms in total. The van der Waals surface area contributed by atoms with Gasteiger partial charge in [0, 0.05) is 16.7 Å². The molecule has 0 aliphatic rings. The minimum Gasteiger partial charge on any atom is -0.324 e. The van der Waals surface area contributed by atoms with E-state index in [1.54, 1.807) is 18.4 Å². The molecule has 0 aromatic heterocycles. The summed E-state index contributed by atoms with van der Waals surface area (Å²) in [5.41, 5.74) is 5.65. The molecular weight excluding hydrogens is 246 g/mol. The average molecular weight is 259 g/mol. The third-order valence-corrected chi connectivity index (χ3v) is 4.18. The Kier molecular flexibility index (Phi) is 4.12. The molecule has 16 heavy (non-hydrogen) atoms. The molecule has 2 N–H and O–H groups in total. The van der Waals surface area contributed by atoms with Crippen LogP contribution in [0.4, 0.5) is 0 Å². The first-order valence-corrected chi connectivity index (χ1v) is 7.63. The van der Waals surface area contributed by atoms with Crippen LogP contribution in [-0.4, -0.2) is 33.3 Å². The third-order valence-electron chi connectivity index (χ3n) is 2.07. The first kappa shape index (κ1) is 13.2. The van der Waals surface area contributed by atoms with Gasteiger partial charge in [0.15, 0.2) is 15.6 Å². The lowest BCUT2D eigenvalue weighted by Crippen LogP contribution is -2.15. The molecule has 0 fully saturated rings. The second kappa shape index (κ2) is 4.99. The van der Waals surface area contributed by atoms with E-state index in [2.05, 4.69) is 0 Å². The highest BCUT2D eigenvalue weighted by molar-refractivity contribution is 7.99.